The number of hydrogen-bond donors (Lipinski definition) is 3. The lowest BCUT2D eigenvalue weighted by atomic mass is 9.96. The molecule has 3 N–H and O–H groups in total. The Morgan fingerprint density at radius 3 is 2.39 bits per heavy atom. The van der Waals surface area contributed by atoms with Crippen LogP contribution >= 0.6 is 24.0 Å². The van der Waals surface area contributed by atoms with Crippen molar-refractivity contribution in [2.45, 2.75) is 40.2 Å². The molecule has 1 heterocycles. The van der Waals surface area contributed by atoms with E-state index in [4.69, 9.17) is 0 Å². The fourth-order valence-corrected chi connectivity index (χ4v) is 3.70. The molecule has 136 valence electrons. The zero-order valence-electron chi connectivity index (χ0n) is 14.3. The van der Waals surface area contributed by atoms with Crippen LogP contribution in [0.2, 0.25) is 0 Å². The standard InChI is InChI=1S/C14H28N4O3S.HI/c1-5-15-13(18-11-6-9-22(20,21)10-11)17-8-7-16-12(19)14(2,3)4;/h11H,5-10H2,1-4H3,(H,16,19)(H2,15,17,18);1H. The first-order valence-electron chi connectivity index (χ1n) is 7.67. The fourth-order valence-electron chi connectivity index (χ4n) is 2.02. The van der Waals surface area contributed by atoms with Gasteiger partial charge in [-0.2, -0.15) is 0 Å². The van der Waals surface area contributed by atoms with Crippen LogP contribution in [0.15, 0.2) is 4.99 Å². The second-order valence-electron chi connectivity index (χ2n) is 6.51. The topological polar surface area (TPSA) is 99.7 Å². The number of nitrogens with one attached hydrogen (secondary N) is 3. The van der Waals surface area contributed by atoms with Gasteiger partial charge in [0.15, 0.2) is 15.8 Å². The molecule has 0 saturated carbocycles. The lowest BCUT2D eigenvalue weighted by molar-refractivity contribution is -0.128. The van der Waals surface area contributed by atoms with Gasteiger partial charge in [0, 0.05) is 24.5 Å². The molecule has 0 bridgehead atoms. The molecule has 9 heteroatoms. The van der Waals surface area contributed by atoms with Crippen molar-refractivity contribution in [2.24, 2.45) is 10.4 Å². The molecule has 0 aliphatic carbocycles. The Labute approximate surface area is 156 Å². The van der Waals surface area contributed by atoms with Crippen LogP contribution in [-0.2, 0) is 14.6 Å². The molecule has 1 saturated heterocycles. The van der Waals surface area contributed by atoms with Crippen LogP contribution in [-0.4, -0.2) is 57.5 Å². The number of guanidine groups is 1. The highest BCUT2D eigenvalue weighted by Gasteiger charge is 2.28. The molecule has 1 fully saturated rings. The van der Waals surface area contributed by atoms with Crippen molar-refractivity contribution in [1.29, 1.82) is 0 Å². The van der Waals surface area contributed by atoms with Crippen molar-refractivity contribution < 1.29 is 13.2 Å². The summed E-state index contributed by atoms with van der Waals surface area (Å²) in [6, 6.07) is -0.0908. The van der Waals surface area contributed by atoms with Gasteiger partial charge in [0.1, 0.15) is 0 Å². The highest BCUT2D eigenvalue weighted by Crippen LogP contribution is 2.12. The summed E-state index contributed by atoms with van der Waals surface area (Å²) >= 11 is 0. The van der Waals surface area contributed by atoms with E-state index in [1.54, 1.807) is 0 Å². The van der Waals surface area contributed by atoms with E-state index in [1.165, 1.54) is 0 Å². The van der Waals surface area contributed by atoms with E-state index in [1.807, 2.05) is 27.7 Å². The van der Waals surface area contributed by atoms with Crippen LogP contribution in [0.25, 0.3) is 0 Å². The number of amides is 1. The average Bonchev–Trinajstić information content (AvgIpc) is 2.72. The van der Waals surface area contributed by atoms with Crippen molar-refractivity contribution in [1.82, 2.24) is 16.0 Å². The summed E-state index contributed by atoms with van der Waals surface area (Å²) in [5.41, 5.74) is -0.412. The van der Waals surface area contributed by atoms with Crippen LogP contribution in [0.1, 0.15) is 34.1 Å². The number of rotatable bonds is 5. The third-order valence-electron chi connectivity index (χ3n) is 3.27. The van der Waals surface area contributed by atoms with Crippen molar-refractivity contribution in [3.63, 3.8) is 0 Å². The van der Waals surface area contributed by atoms with Gasteiger partial charge in [-0.05, 0) is 13.3 Å². The Morgan fingerprint density at radius 1 is 1.26 bits per heavy atom. The molecule has 0 spiro atoms. The first-order valence-corrected chi connectivity index (χ1v) is 9.50. The van der Waals surface area contributed by atoms with Crippen LogP contribution < -0.4 is 16.0 Å². The molecule has 0 aromatic rings. The molecule has 1 aliphatic heterocycles. The summed E-state index contributed by atoms with van der Waals surface area (Å²) in [6.45, 7) is 9.11. The predicted molar refractivity (Wildman–Crippen MR) is 104 cm³/mol. The Balaban J connectivity index is 0.00000484. The number of sulfone groups is 1. The Morgan fingerprint density at radius 2 is 1.91 bits per heavy atom. The molecule has 7 nitrogen and oxygen atoms in total. The quantitative estimate of drug-likeness (QED) is 0.240. The van der Waals surface area contributed by atoms with Crippen LogP contribution in [0.3, 0.4) is 0 Å². The van der Waals surface area contributed by atoms with Crippen molar-refractivity contribution in [2.75, 3.05) is 31.1 Å². The molecule has 0 aromatic heterocycles. The number of hydrogen-bond acceptors (Lipinski definition) is 4. The Bertz CT molecular complexity index is 515. The summed E-state index contributed by atoms with van der Waals surface area (Å²) in [6.07, 6.45) is 0.605. The zero-order valence-corrected chi connectivity index (χ0v) is 17.5. The minimum absolute atomic E-state index is 0. The van der Waals surface area contributed by atoms with Gasteiger partial charge < -0.3 is 16.0 Å². The van der Waals surface area contributed by atoms with E-state index < -0.39 is 15.3 Å². The molecule has 23 heavy (non-hydrogen) atoms. The maximum atomic E-state index is 11.7. The van der Waals surface area contributed by atoms with E-state index in [-0.39, 0.29) is 47.4 Å². The molecular formula is C14H29IN4O3S. The number of carbonyl (C=O) groups is 1. The molecule has 1 aliphatic rings. The van der Waals surface area contributed by atoms with E-state index >= 15 is 0 Å². The van der Waals surface area contributed by atoms with E-state index in [9.17, 15) is 13.2 Å². The van der Waals surface area contributed by atoms with E-state index in [2.05, 4.69) is 20.9 Å². The molecule has 0 radical (unpaired) electrons. The number of halogens is 1. The molecular weight excluding hydrogens is 431 g/mol. The molecule has 1 rings (SSSR count). The van der Waals surface area contributed by atoms with Gasteiger partial charge in [0.05, 0.1) is 18.1 Å². The largest absolute Gasteiger partial charge is 0.357 e. The Kier molecular flexibility index (Phi) is 9.41. The number of nitrogens with zero attached hydrogens (tertiary/aromatic N) is 1. The fraction of sp³-hybridized carbons (Fsp3) is 0.857. The van der Waals surface area contributed by atoms with Gasteiger partial charge in [-0.1, -0.05) is 20.8 Å². The van der Waals surface area contributed by atoms with Gasteiger partial charge in [0.2, 0.25) is 5.91 Å². The van der Waals surface area contributed by atoms with Gasteiger partial charge >= 0.3 is 0 Å². The highest BCUT2D eigenvalue weighted by molar-refractivity contribution is 14.0. The van der Waals surface area contributed by atoms with Gasteiger partial charge in [0.25, 0.3) is 0 Å². The highest BCUT2D eigenvalue weighted by atomic mass is 127. The first kappa shape index (κ1) is 22.4. The SMILES string of the molecule is CCNC(=NCCNC(=O)C(C)(C)C)NC1CCS(=O)(=O)C1.I. The van der Waals surface area contributed by atoms with E-state index in [0.717, 1.165) is 0 Å². The first-order chi connectivity index (χ1) is 10.1. The van der Waals surface area contributed by atoms with Gasteiger partial charge in [-0.25, -0.2) is 8.42 Å². The van der Waals surface area contributed by atoms with Crippen molar-refractivity contribution in [3.8, 4) is 0 Å². The minimum Gasteiger partial charge on any atom is -0.357 e. The van der Waals surface area contributed by atoms with Gasteiger partial charge in [-0.3, -0.25) is 9.79 Å². The van der Waals surface area contributed by atoms with E-state index in [0.29, 0.717) is 32.0 Å². The summed E-state index contributed by atoms with van der Waals surface area (Å²) < 4.78 is 22.9. The summed E-state index contributed by atoms with van der Waals surface area (Å²) in [5.74, 6) is 0.960. The molecule has 1 atom stereocenters. The smallest absolute Gasteiger partial charge is 0.225 e. The lowest BCUT2D eigenvalue weighted by Crippen LogP contribution is -2.44. The third kappa shape index (κ3) is 8.73. The maximum Gasteiger partial charge on any atom is 0.225 e. The van der Waals surface area contributed by atoms with Crippen LogP contribution in [0.4, 0.5) is 0 Å². The third-order valence-corrected chi connectivity index (χ3v) is 5.03. The van der Waals surface area contributed by atoms with Crippen LogP contribution in [0.5, 0.6) is 0 Å². The second kappa shape index (κ2) is 9.65. The summed E-state index contributed by atoms with van der Waals surface area (Å²) in [7, 11) is -2.91. The average molecular weight is 460 g/mol. The number of carbonyl (C=O) groups excluding carboxylic acids is 1. The molecule has 1 amide bonds. The monoisotopic (exact) mass is 460 g/mol. The normalized spacial score (nSPS) is 20.5. The second-order valence-corrected chi connectivity index (χ2v) is 8.74. The van der Waals surface area contributed by atoms with Crippen molar-refractivity contribution in [3.05, 3.63) is 0 Å². The lowest BCUT2D eigenvalue weighted by Gasteiger charge is -2.18. The maximum absolute atomic E-state index is 11.7. The Hall–Kier alpha value is -0.580. The molecule has 1 unspecified atom stereocenters. The number of aliphatic imine (C=N–C) groups is 1. The zero-order chi connectivity index (χ0) is 16.8. The molecule has 0 aromatic carbocycles. The van der Waals surface area contributed by atoms with Gasteiger partial charge in [-0.15, -0.1) is 24.0 Å². The minimum atomic E-state index is -2.91. The summed E-state index contributed by atoms with van der Waals surface area (Å²) in [5, 5.41) is 9.05. The van der Waals surface area contributed by atoms with Crippen molar-refractivity contribution >= 4 is 45.7 Å². The summed E-state index contributed by atoms with van der Waals surface area (Å²) in [4.78, 5) is 16.1. The predicted octanol–water partition coefficient (Wildman–Crippen LogP) is 0.509. The van der Waals surface area contributed by atoms with Crippen LogP contribution in [0, 0.1) is 5.41 Å².